The van der Waals surface area contributed by atoms with Crippen LogP contribution in [0.3, 0.4) is 0 Å². The highest BCUT2D eigenvalue weighted by Gasteiger charge is 2.57. The molecule has 1 saturated heterocycles. The van der Waals surface area contributed by atoms with E-state index in [1.165, 1.54) is 36.9 Å². The number of methoxy groups -OCH3 is 1. The molecule has 2 aromatic rings. The lowest BCUT2D eigenvalue weighted by Gasteiger charge is -2.49. The number of hydrogen-bond donors (Lipinski definition) is 1. The lowest BCUT2D eigenvalue weighted by molar-refractivity contribution is -0.124. The van der Waals surface area contributed by atoms with E-state index in [4.69, 9.17) is 9.47 Å². The molecule has 1 atom stereocenters. The van der Waals surface area contributed by atoms with Crippen LogP contribution in [-0.4, -0.2) is 31.8 Å². The van der Waals surface area contributed by atoms with E-state index in [1.54, 1.807) is 7.11 Å². The summed E-state index contributed by atoms with van der Waals surface area (Å²) < 4.78 is 11.6. The van der Waals surface area contributed by atoms with E-state index in [0.29, 0.717) is 19.6 Å². The van der Waals surface area contributed by atoms with Crippen molar-refractivity contribution in [1.29, 1.82) is 0 Å². The number of fused-ring (bicyclic) bond motifs is 3. The normalized spacial score (nSPS) is 20.7. The van der Waals surface area contributed by atoms with Gasteiger partial charge >= 0.3 is 0 Å². The van der Waals surface area contributed by atoms with E-state index in [-0.39, 0.29) is 11.3 Å². The van der Waals surface area contributed by atoms with Gasteiger partial charge in [0.05, 0.1) is 13.7 Å². The fourth-order valence-corrected chi connectivity index (χ4v) is 5.33. The molecule has 5 nitrogen and oxygen atoms in total. The quantitative estimate of drug-likeness (QED) is 0.435. The van der Waals surface area contributed by atoms with Gasteiger partial charge in [0, 0.05) is 24.1 Å². The number of rotatable bonds is 10. The van der Waals surface area contributed by atoms with Crippen LogP contribution in [-0.2, 0) is 10.2 Å². The molecule has 4 rings (SSSR count). The Bertz CT molecular complexity index is 1050. The smallest absolute Gasteiger partial charge is 0.223 e. The number of carbonyl (C=O) groups is 1. The van der Waals surface area contributed by atoms with Gasteiger partial charge in [0.15, 0.2) is 11.5 Å². The molecule has 2 heterocycles. The number of nitrogens with zero attached hydrogens (tertiary/aromatic N) is 1. The van der Waals surface area contributed by atoms with Crippen molar-refractivity contribution < 1.29 is 14.3 Å². The van der Waals surface area contributed by atoms with Crippen LogP contribution in [0.1, 0.15) is 70.4 Å². The van der Waals surface area contributed by atoms with Gasteiger partial charge < -0.3 is 19.7 Å². The molecule has 0 spiro atoms. The summed E-state index contributed by atoms with van der Waals surface area (Å²) >= 11 is 0. The molecule has 182 valence electrons. The molecule has 1 amide bonds. The van der Waals surface area contributed by atoms with Crippen LogP contribution in [0.4, 0.5) is 5.69 Å². The first-order valence-electron chi connectivity index (χ1n) is 12.6. The number of amides is 1. The van der Waals surface area contributed by atoms with E-state index >= 15 is 0 Å². The zero-order chi connectivity index (χ0) is 24.2. The second kappa shape index (κ2) is 10.1. The monoisotopic (exact) mass is 462 g/mol. The maximum atomic E-state index is 12.6. The fraction of sp³-hybridized carbons (Fsp3) is 0.483. The van der Waals surface area contributed by atoms with Crippen LogP contribution in [0.15, 0.2) is 48.5 Å². The second-order valence-electron chi connectivity index (χ2n) is 9.86. The van der Waals surface area contributed by atoms with Gasteiger partial charge in [0.2, 0.25) is 5.91 Å². The molecule has 0 aromatic heterocycles. The van der Waals surface area contributed by atoms with Crippen molar-refractivity contribution in [3.05, 3.63) is 59.7 Å². The van der Waals surface area contributed by atoms with Crippen molar-refractivity contribution in [3.8, 4) is 11.5 Å². The number of hydrogen-bond acceptors (Lipinski definition) is 4. The Morgan fingerprint density at radius 3 is 2.65 bits per heavy atom. The minimum absolute atomic E-state index is 0.0852. The molecule has 2 aliphatic rings. The van der Waals surface area contributed by atoms with Crippen LogP contribution < -0.4 is 19.7 Å². The van der Waals surface area contributed by atoms with Gasteiger partial charge in [-0.25, -0.2) is 0 Å². The standard InChI is InChI=1S/C29H38N2O3/c1-5-6-7-8-11-20-34-25-15-14-22(21-26(25)33-4)16-18-29-28(2,3)23-12-9-10-13-24(23)31(29)19-17-27(32)30-29/h9-10,12-16,18,21H,5-8,11,17,19-20H2,1-4H3,(H,30,32)/b18-16+. The van der Waals surface area contributed by atoms with Gasteiger partial charge in [0.25, 0.3) is 0 Å². The third kappa shape index (κ3) is 4.40. The Balaban J connectivity index is 1.55. The zero-order valence-electron chi connectivity index (χ0n) is 21.0. The largest absolute Gasteiger partial charge is 0.493 e. The van der Waals surface area contributed by atoms with Crippen LogP contribution in [0, 0.1) is 0 Å². The molecule has 1 N–H and O–H groups in total. The van der Waals surface area contributed by atoms with E-state index in [1.807, 2.05) is 18.2 Å². The maximum Gasteiger partial charge on any atom is 0.223 e. The van der Waals surface area contributed by atoms with Crippen molar-refractivity contribution >= 4 is 17.7 Å². The van der Waals surface area contributed by atoms with Gasteiger partial charge in [-0.05, 0) is 41.8 Å². The lowest BCUT2D eigenvalue weighted by Crippen LogP contribution is -2.68. The van der Waals surface area contributed by atoms with Crippen molar-refractivity contribution in [3.63, 3.8) is 0 Å². The molecule has 5 heteroatoms. The number of carbonyl (C=O) groups excluding carboxylic acids is 1. The molecule has 1 fully saturated rings. The Labute approximate surface area is 204 Å². The minimum atomic E-state index is -0.618. The number of ether oxygens (including phenoxy) is 2. The third-order valence-electron chi connectivity index (χ3n) is 7.35. The summed E-state index contributed by atoms with van der Waals surface area (Å²) in [5.41, 5.74) is 2.54. The Morgan fingerprint density at radius 2 is 1.85 bits per heavy atom. The van der Waals surface area contributed by atoms with Crippen molar-refractivity contribution in [2.75, 3.05) is 25.2 Å². The summed E-state index contributed by atoms with van der Waals surface area (Å²) in [6.45, 7) is 8.04. The first-order valence-corrected chi connectivity index (χ1v) is 12.6. The van der Waals surface area contributed by atoms with Crippen molar-refractivity contribution in [2.45, 2.75) is 70.4 Å². The lowest BCUT2D eigenvalue weighted by atomic mass is 9.74. The predicted molar refractivity (Wildman–Crippen MR) is 139 cm³/mol. The topological polar surface area (TPSA) is 50.8 Å². The summed E-state index contributed by atoms with van der Waals surface area (Å²) in [7, 11) is 1.68. The first kappa shape index (κ1) is 24.2. The molecule has 34 heavy (non-hydrogen) atoms. The molecule has 0 saturated carbocycles. The van der Waals surface area contributed by atoms with Crippen molar-refractivity contribution in [1.82, 2.24) is 5.32 Å². The SMILES string of the molecule is CCCCCCCOc1ccc(/C=C/C23NC(=O)CCN2c2ccccc2C3(C)C)cc1OC. The predicted octanol–water partition coefficient (Wildman–Crippen LogP) is 6.07. The Kier molecular flexibility index (Phi) is 7.20. The molecule has 0 bridgehead atoms. The number of para-hydroxylation sites is 1. The van der Waals surface area contributed by atoms with Gasteiger partial charge in [-0.2, -0.15) is 0 Å². The van der Waals surface area contributed by atoms with Crippen LogP contribution in [0.2, 0.25) is 0 Å². The van der Waals surface area contributed by atoms with Crippen LogP contribution in [0.25, 0.3) is 6.08 Å². The zero-order valence-corrected chi connectivity index (χ0v) is 21.0. The summed E-state index contributed by atoms with van der Waals surface area (Å²) in [6, 6.07) is 14.5. The fourth-order valence-electron chi connectivity index (χ4n) is 5.33. The van der Waals surface area contributed by atoms with Crippen molar-refractivity contribution in [2.24, 2.45) is 0 Å². The summed E-state index contributed by atoms with van der Waals surface area (Å²) in [6.07, 6.45) is 10.8. The average molecular weight is 463 g/mol. The number of nitrogens with one attached hydrogen (secondary N) is 1. The first-order chi connectivity index (χ1) is 16.4. The molecule has 2 aliphatic heterocycles. The van der Waals surface area contributed by atoms with Gasteiger partial charge in [0.1, 0.15) is 5.66 Å². The van der Waals surface area contributed by atoms with Crippen LogP contribution >= 0.6 is 0 Å². The number of anilines is 1. The molecule has 2 aromatic carbocycles. The molecule has 0 aliphatic carbocycles. The highest BCUT2D eigenvalue weighted by atomic mass is 16.5. The summed E-state index contributed by atoms with van der Waals surface area (Å²) in [4.78, 5) is 14.9. The second-order valence-corrected chi connectivity index (χ2v) is 9.86. The Morgan fingerprint density at radius 1 is 1.06 bits per heavy atom. The van der Waals surface area contributed by atoms with E-state index in [0.717, 1.165) is 23.5 Å². The Hall–Kier alpha value is -2.95. The molecular weight excluding hydrogens is 424 g/mol. The van der Waals surface area contributed by atoms with Gasteiger partial charge in [-0.15, -0.1) is 0 Å². The van der Waals surface area contributed by atoms with E-state index in [2.05, 4.69) is 67.4 Å². The minimum Gasteiger partial charge on any atom is -0.493 e. The van der Waals surface area contributed by atoms with E-state index in [9.17, 15) is 4.79 Å². The highest BCUT2D eigenvalue weighted by Crippen LogP contribution is 2.52. The number of unbranched alkanes of at least 4 members (excludes halogenated alkanes) is 4. The highest BCUT2D eigenvalue weighted by molar-refractivity contribution is 5.84. The average Bonchev–Trinajstić information content (AvgIpc) is 3.04. The summed E-state index contributed by atoms with van der Waals surface area (Å²) in [5.74, 6) is 1.59. The molecule has 0 radical (unpaired) electrons. The third-order valence-corrected chi connectivity index (χ3v) is 7.35. The molecular formula is C29H38N2O3. The van der Waals surface area contributed by atoms with Gasteiger partial charge in [-0.1, -0.05) is 76.8 Å². The molecule has 1 unspecified atom stereocenters. The van der Waals surface area contributed by atoms with E-state index < -0.39 is 5.66 Å². The van der Waals surface area contributed by atoms with Gasteiger partial charge in [-0.3, -0.25) is 4.79 Å². The maximum absolute atomic E-state index is 12.6. The summed E-state index contributed by atoms with van der Waals surface area (Å²) in [5, 5.41) is 3.33. The van der Waals surface area contributed by atoms with Crippen LogP contribution in [0.5, 0.6) is 11.5 Å². The number of benzene rings is 2.